The maximum atomic E-state index is 13.7. The Labute approximate surface area is 221 Å². The maximum absolute atomic E-state index is 13.7. The lowest BCUT2D eigenvalue weighted by Gasteiger charge is -2.31. The molecule has 3 amide bonds. The van der Waals surface area contributed by atoms with Crippen LogP contribution in [0.4, 0.5) is 0 Å². The molecule has 0 aliphatic carbocycles. The largest absolute Gasteiger partial charge is 0.350 e. The third kappa shape index (κ3) is 10.0. The molecule has 2 unspecified atom stereocenters. The minimum Gasteiger partial charge on any atom is -0.350 e. The van der Waals surface area contributed by atoms with Crippen LogP contribution in [0, 0.1) is 11.8 Å². The van der Waals surface area contributed by atoms with Crippen LogP contribution in [0.15, 0.2) is 24.5 Å². The summed E-state index contributed by atoms with van der Waals surface area (Å²) < 4.78 is 5.50. The van der Waals surface area contributed by atoms with Gasteiger partial charge in [-0.15, -0.1) is 0 Å². The van der Waals surface area contributed by atoms with Gasteiger partial charge in [-0.1, -0.05) is 52.0 Å². The van der Waals surface area contributed by atoms with Crippen molar-refractivity contribution in [3.05, 3.63) is 30.1 Å². The smallest absolute Gasteiger partial charge is 0.245 e. The average molecular weight is 517 g/mol. The standard InChI is InChI=1S/C28H44N4O5/c1-21(2)26-28(35)32(20-22-12-11-15-29-19-22)16-9-6-4-3-5-7-13-23(27(34)30-26)18-24(33)31-37-25-14-8-10-17-36-25/h11-12,15,19,21,23,25-26H,3-10,13-14,16-18,20H2,1-2H3,(H,30,34)(H,31,33)/t23?,25-,26?/m0/s1. The first-order valence-electron chi connectivity index (χ1n) is 14.0. The Morgan fingerprint density at radius 1 is 1.14 bits per heavy atom. The predicted octanol–water partition coefficient (Wildman–Crippen LogP) is 3.88. The molecular weight excluding hydrogens is 472 g/mol. The van der Waals surface area contributed by atoms with Crippen molar-refractivity contribution in [3.63, 3.8) is 0 Å². The fourth-order valence-electron chi connectivity index (χ4n) is 4.89. The number of carbonyl (C=O) groups excluding carboxylic acids is 3. The quantitative estimate of drug-likeness (QED) is 0.533. The minimum absolute atomic E-state index is 0.0109. The van der Waals surface area contributed by atoms with Gasteiger partial charge in [0.15, 0.2) is 6.29 Å². The molecule has 0 aromatic carbocycles. The molecule has 206 valence electrons. The molecule has 2 aliphatic heterocycles. The summed E-state index contributed by atoms with van der Waals surface area (Å²) in [5.74, 6) is -1.32. The van der Waals surface area contributed by atoms with E-state index in [0.29, 0.717) is 26.1 Å². The number of rotatable bonds is 7. The lowest BCUT2D eigenvalue weighted by Crippen LogP contribution is -2.52. The normalized spacial score (nSPS) is 24.8. The SMILES string of the molecule is CC(C)C1NC(=O)C(CC(=O)NO[C@H]2CCCCO2)CCCCCCCCN(Cc2cccnc2)C1=O. The highest BCUT2D eigenvalue weighted by molar-refractivity contribution is 5.90. The van der Waals surface area contributed by atoms with Gasteiger partial charge in [-0.2, -0.15) is 0 Å². The van der Waals surface area contributed by atoms with E-state index in [4.69, 9.17) is 9.57 Å². The molecule has 2 aliphatic rings. The fourth-order valence-corrected chi connectivity index (χ4v) is 4.89. The van der Waals surface area contributed by atoms with E-state index in [9.17, 15) is 14.4 Å². The number of nitrogens with zero attached hydrogens (tertiary/aromatic N) is 2. The van der Waals surface area contributed by atoms with E-state index in [0.717, 1.165) is 63.4 Å². The van der Waals surface area contributed by atoms with Crippen LogP contribution >= 0.6 is 0 Å². The molecule has 1 aromatic rings. The summed E-state index contributed by atoms with van der Waals surface area (Å²) in [6.45, 7) is 5.59. The Balaban J connectivity index is 1.68. The topological polar surface area (TPSA) is 110 Å². The van der Waals surface area contributed by atoms with Gasteiger partial charge in [0.2, 0.25) is 17.7 Å². The number of hydrogen-bond acceptors (Lipinski definition) is 6. The van der Waals surface area contributed by atoms with Crippen LogP contribution in [-0.2, 0) is 30.5 Å². The first kappa shape index (κ1) is 29.0. The second kappa shape index (κ2) is 15.7. The number of carbonyl (C=O) groups is 3. The van der Waals surface area contributed by atoms with Crippen molar-refractivity contribution in [2.24, 2.45) is 11.8 Å². The number of pyridine rings is 1. The van der Waals surface area contributed by atoms with Crippen molar-refractivity contribution in [2.45, 2.75) is 103 Å². The van der Waals surface area contributed by atoms with Crippen molar-refractivity contribution in [1.29, 1.82) is 0 Å². The molecule has 0 saturated carbocycles. The zero-order valence-electron chi connectivity index (χ0n) is 22.5. The maximum Gasteiger partial charge on any atom is 0.245 e. The molecular formula is C28H44N4O5. The van der Waals surface area contributed by atoms with Gasteiger partial charge in [-0.3, -0.25) is 19.4 Å². The highest BCUT2D eigenvalue weighted by atomic mass is 16.8. The monoisotopic (exact) mass is 516 g/mol. The van der Waals surface area contributed by atoms with Crippen molar-refractivity contribution in [1.82, 2.24) is 20.7 Å². The summed E-state index contributed by atoms with van der Waals surface area (Å²) in [7, 11) is 0. The highest BCUT2D eigenvalue weighted by Gasteiger charge is 2.32. The number of nitrogens with one attached hydrogen (secondary N) is 2. The molecule has 3 rings (SSSR count). The average Bonchev–Trinajstić information content (AvgIpc) is 2.90. The molecule has 9 nitrogen and oxygen atoms in total. The summed E-state index contributed by atoms with van der Waals surface area (Å²) in [4.78, 5) is 51.2. The third-order valence-electron chi connectivity index (χ3n) is 7.11. The minimum atomic E-state index is -0.662. The van der Waals surface area contributed by atoms with Gasteiger partial charge in [0.05, 0.1) is 0 Å². The summed E-state index contributed by atoms with van der Waals surface area (Å²) in [6, 6.07) is 3.17. The van der Waals surface area contributed by atoms with Gasteiger partial charge < -0.3 is 15.0 Å². The van der Waals surface area contributed by atoms with E-state index in [2.05, 4.69) is 15.8 Å². The first-order valence-corrected chi connectivity index (χ1v) is 14.0. The number of hydrogen-bond donors (Lipinski definition) is 2. The number of aromatic nitrogens is 1. The molecule has 0 spiro atoms. The van der Waals surface area contributed by atoms with E-state index in [-0.39, 0.29) is 30.1 Å². The number of amides is 3. The molecule has 37 heavy (non-hydrogen) atoms. The van der Waals surface area contributed by atoms with E-state index in [1.165, 1.54) is 0 Å². The summed E-state index contributed by atoms with van der Waals surface area (Å²) in [6.07, 6.45) is 12.4. The van der Waals surface area contributed by atoms with Crippen LogP contribution in [-0.4, -0.2) is 53.1 Å². The molecule has 9 heteroatoms. The van der Waals surface area contributed by atoms with E-state index < -0.39 is 18.2 Å². The molecule has 2 N–H and O–H groups in total. The van der Waals surface area contributed by atoms with Crippen molar-refractivity contribution in [3.8, 4) is 0 Å². The molecule has 3 atom stereocenters. The zero-order valence-corrected chi connectivity index (χ0v) is 22.5. The zero-order chi connectivity index (χ0) is 26.5. The Morgan fingerprint density at radius 2 is 1.89 bits per heavy atom. The molecule has 3 heterocycles. The van der Waals surface area contributed by atoms with Crippen LogP contribution < -0.4 is 10.8 Å². The van der Waals surface area contributed by atoms with Crippen molar-refractivity contribution in [2.75, 3.05) is 13.2 Å². The molecule has 2 fully saturated rings. The van der Waals surface area contributed by atoms with Crippen LogP contribution in [0.5, 0.6) is 0 Å². The lowest BCUT2D eigenvalue weighted by atomic mass is 9.94. The summed E-state index contributed by atoms with van der Waals surface area (Å²) in [5, 5.41) is 3.01. The van der Waals surface area contributed by atoms with Gasteiger partial charge in [0.25, 0.3) is 0 Å². The Kier molecular flexibility index (Phi) is 12.3. The van der Waals surface area contributed by atoms with Crippen molar-refractivity contribution < 1.29 is 24.0 Å². The molecule has 1 aromatic heterocycles. The van der Waals surface area contributed by atoms with E-state index in [1.54, 1.807) is 12.4 Å². The summed E-state index contributed by atoms with van der Waals surface area (Å²) >= 11 is 0. The molecule has 2 saturated heterocycles. The predicted molar refractivity (Wildman–Crippen MR) is 140 cm³/mol. The Bertz CT molecular complexity index is 844. The van der Waals surface area contributed by atoms with Gasteiger partial charge >= 0.3 is 0 Å². The van der Waals surface area contributed by atoms with Crippen LogP contribution in [0.3, 0.4) is 0 Å². The van der Waals surface area contributed by atoms with Gasteiger partial charge in [0.1, 0.15) is 6.04 Å². The second-order valence-corrected chi connectivity index (χ2v) is 10.6. The molecule has 0 bridgehead atoms. The number of hydroxylamine groups is 1. The summed E-state index contributed by atoms with van der Waals surface area (Å²) in [5.41, 5.74) is 3.44. The van der Waals surface area contributed by atoms with Crippen LogP contribution in [0.25, 0.3) is 0 Å². The van der Waals surface area contributed by atoms with Crippen molar-refractivity contribution >= 4 is 17.7 Å². The Morgan fingerprint density at radius 3 is 2.59 bits per heavy atom. The molecule has 0 radical (unpaired) electrons. The third-order valence-corrected chi connectivity index (χ3v) is 7.11. The lowest BCUT2D eigenvalue weighted by molar-refractivity contribution is -0.200. The fraction of sp³-hybridized carbons (Fsp3) is 0.714. The van der Waals surface area contributed by atoms with E-state index >= 15 is 0 Å². The van der Waals surface area contributed by atoms with Gasteiger partial charge in [-0.25, -0.2) is 10.3 Å². The highest BCUT2D eigenvalue weighted by Crippen LogP contribution is 2.20. The first-order chi connectivity index (χ1) is 17.9. The van der Waals surface area contributed by atoms with Gasteiger partial charge in [0, 0.05) is 50.8 Å². The second-order valence-electron chi connectivity index (χ2n) is 10.6. The van der Waals surface area contributed by atoms with Gasteiger partial charge in [-0.05, 0) is 43.2 Å². The van der Waals surface area contributed by atoms with E-state index in [1.807, 2.05) is 30.9 Å². The van der Waals surface area contributed by atoms with Crippen LogP contribution in [0.1, 0.15) is 90.0 Å². The number of ether oxygens (including phenoxy) is 1. The van der Waals surface area contributed by atoms with Crippen LogP contribution in [0.2, 0.25) is 0 Å². The Hall–Kier alpha value is -2.52.